The molecule has 1 rings (SSSR count). The summed E-state index contributed by atoms with van der Waals surface area (Å²) < 4.78 is 43.7. The van der Waals surface area contributed by atoms with Gasteiger partial charge in [0.25, 0.3) is 0 Å². The van der Waals surface area contributed by atoms with Crippen LogP contribution in [0.15, 0.2) is 0 Å². The van der Waals surface area contributed by atoms with Crippen LogP contribution in [-0.4, -0.2) is 32.0 Å². The number of unbranched alkanes of at least 4 members (excludes halogenated alkanes) is 1. The van der Waals surface area contributed by atoms with Gasteiger partial charge in [-0.15, -0.1) is 0 Å². The molecule has 0 bridgehead atoms. The zero-order valence-electron chi connectivity index (χ0n) is 11.1. The summed E-state index contributed by atoms with van der Waals surface area (Å²) in [6.07, 6.45) is 0.481. The Morgan fingerprint density at radius 3 is 2.56 bits per heavy atom. The van der Waals surface area contributed by atoms with E-state index >= 15 is 0 Å². The Bertz CT molecular complexity index is 221. The number of hydrogen-bond donors (Lipinski definition) is 1. The lowest BCUT2D eigenvalue weighted by Crippen LogP contribution is -2.46. The molecule has 1 N–H and O–H groups in total. The van der Waals surface area contributed by atoms with Gasteiger partial charge in [-0.2, -0.15) is 13.2 Å². The molecule has 1 fully saturated rings. The lowest BCUT2D eigenvalue weighted by molar-refractivity contribution is -0.189. The summed E-state index contributed by atoms with van der Waals surface area (Å²) in [4.78, 5) is 0. The van der Waals surface area contributed by atoms with Gasteiger partial charge in [-0.1, -0.05) is 26.2 Å². The van der Waals surface area contributed by atoms with Gasteiger partial charge in [-0.05, 0) is 19.3 Å². The lowest BCUT2D eigenvalue weighted by atomic mass is 9.84. The first kappa shape index (κ1) is 15.8. The van der Waals surface area contributed by atoms with Crippen molar-refractivity contribution in [2.75, 3.05) is 19.8 Å². The van der Waals surface area contributed by atoms with Crippen molar-refractivity contribution >= 4 is 0 Å². The molecular formula is C13H24F3NO. The molecule has 108 valence electrons. The van der Waals surface area contributed by atoms with E-state index in [0.29, 0.717) is 32.6 Å². The Hall–Kier alpha value is -0.290. The predicted octanol–water partition coefficient (Wildman–Crippen LogP) is 3.51. The van der Waals surface area contributed by atoms with Crippen LogP contribution in [0.25, 0.3) is 0 Å². The molecular weight excluding hydrogens is 243 g/mol. The van der Waals surface area contributed by atoms with Crippen LogP contribution in [-0.2, 0) is 4.74 Å². The zero-order valence-corrected chi connectivity index (χ0v) is 11.1. The van der Waals surface area contributed by atoms with Crippen LogP contribution in [0.1, 0.15) is 45.4 Å². The second-order valence-electron chi connectivity index (χ2n) is 4.96. The molecule has 1 aliphatic rings. The van der Waals surface area contributed by atoms with Crippen LogP contribution in [0.5, 0.6) is 0 Å². The number of halogens is 3. The topological polar surface area (TPSA) is 21.3 Å². The van der Waals surface area contributed by atoms with Gasteiger partial charge in [0.05, 0.1) is 12.5 Å². The standard InChI is InChI=1S/C13H24F3NO/c1-2-3-9-18-10-8-17-12-7-5-4-6-11(12)13(14,15)16/h11-12,17H,2-10H2,1H3. The third kappa shape index (κ3) is 5.57. The summed E-state index contributed by atoms with van der Waals surface area (Å²) in [6.45, 7) is 3.80. The van der Waals surface area contributed by atoms with Crippen LogP contribution in [0.4, 0.5) is 13.2 Å². The molecule has 0 amide bonds. The molecule has 0 aromatic heterocycles. The molecule has 0 aromatic carbocycles. The molecule has 2 unspecified atom stereocenters. The molecule has 2 atom stereocenters. The van der Waals surface area contributed by atoms with E-state index in [1.165, 1.54) is 0 Å². The van der Waals surface area contributed by atoms with Gasteiger partial charge in [0.1, 0.15) is 0 Å². The van der Waals surface area contributed by atoms with Gasteiger partial charge < -0.3 is 10.1 Å². The molecule has 0 saturated heterocycles. The highest BCUT2D eigenvalue weighted by atomic mass is 19.4. The first-order valence-corrected chi connectivity index (χ1v) is 6.93. The minimum atomic E-state index is -4.07. The van der Waals surface area contributed by atoms with Gasteiger partial charge in [0.15, 0.2) is 0 Å². The van der Waals surface area contributed by atoms with Crippen LogP contribution < -0.4 is 5.32 Å². The first-order valence-electron chi connectivity index (χ1n) is 6.93. The maximum absolute atomic E-state index is 12.8. The molecule has 1 aliphatic carbocycles. The fraction of sp³-hybridized carbons (Fsp3) is 1.00. The van der Waals surface area contributed by atoms with E-state index in [-0.39, 0.29) is 6.42 Å². The van der Waals surface area contributed by atoms with Crippen LogP contribution in [0.3, 0.4) is 0 Å². The van der Waals surface area contributed by atoms with E-state index in [0.717, 1.165) is 19.3 Å². The Morgan fingerprint density at radius 1 is 1.17 bits per heavy atom. The third-order valence-electron chi connectivity index (χ3n) is 3.48. The lowest BCUT2D eigenvalue weighted by Gasteiger charge is -2.33. The quantitative estimate of drug-likeness (QED) is 0.713. The SMILES string of the molecule is CCCCOCCNC1CCCCC1C(F)(F)F. The molecule has 2 nitrogen and oxygen atoms in total. The van der Waals surface area contributed by atoms with Crippen molar-refractivity contribution in [3.63, 3.8) is 0 Å². The summed E-state index contributed by atoms with van der Waals surface area (Å²) in [5.41, 5.74) is 0. The van der Waals surface area contributed by atoms with E-state index in [4.69, 9.17) is 4.74 Å². The average Bonchev–Trinajstić information content (AvgIpc) is 2.33. The van der Waals surface area contributed by atoms with Gasteiger partial charge in [-0.25, -0.2) is 0 Å². The number of alkyl halides is 3. The van der Waals surface area contributed by atoms with Gasteiger partial charge in [-0.3, -0.25) is 0 Å². The summed E-state index contributed by atoms with van der Waals surface area (Å²) in [6, 6.07) is -0.423. The summed E-state index contributed by atoms with van der Waals surface area (Å²) in [5.74, 6) is -1.18. The maximum atomic E-state index is 12.8. The maximum Gasteiger partial charge on any atom is 0.393 e. The second kappa shape index (κ2) is 8.00. The van der Waals surface area contributed by atoms with Crippen molar-refractivity contribution in [3.05, 3.63) is 0 Å². The summed E-state index contributed by atoms with van der Waals surface area (Å²) in [5, 5.41) is 3.01. The highest BCUT2D eigenvalue weighted by Gasteiger charge is 2.45. The second-order valence-corrected chi connectivity index (χ2v) is 4.96. The van der Waals surface area contributed by atoms with Gasteiger partial charge in [0, 0.05) is 19.2 Å². The van der Waals surface area contributed by atoms with E-state index in [9.17, 15) is 13.2 Å². The van der Waals surface area contributed by atoms with Crippen LogP contribution in [0.2, 0.25) is 0 Å². The number of hydrogen-bond acceptors (Lipinski definition) is 2. The molecule has 0 spiro atoms. The van der Waals surface area contributed by atoms with Crippen molar-refractivity contribution in [3.8, 4) is 0 Å². The number of nitrogens with one attached hydrogen (secondary N) is 1. The van der Waals surface area contributed by atoms with E-state index < -0.39 is 18.1 Å². The Kier molecular flexibility index (Phi) is 7.00. The Morgan fingerprint density at radius 2 is 1.89 bits per heavy atom. The van der Waals surface area contributed by atoms with Crippen LogP contribution in [0, 0.1) is 5.92 Å². The molecule has 5 heteroatoms. The molecule has 0 aliphatic heterocycles. The third-order valence-corrected chi connectivity index (χ3v) is 3.48. The molecule has 18 heavy (non-hydrogen) atoms. The largest absolute Gasteiger partial charge is 0.393 e. The molecule has 0 heterocycles. The van der Waals surface area contributed by atoms with Gasteiger partial charge >= 0.3 is 6.18 Å². The minimum absolute atomic E-state index is 0.262. The van der Waals surface area contributed by atoms with Crippen LogP contribution >= 0.6 is 0 Å². The molecule has 1 saturated carbocycles. The zero-order chi connectivity index (χ0) is 13.4. The monoisotopic (exact) mass is 267 g/mol. The summed E-state index contributed by atoms with van der Waals surface area (Å²) >= 11 is 0. The molecule has 0 radical (unpaired) electrons. The smallest absolute Gasteiger partial charge is 0.380 e. The predicted molar refractivity (Wildman–Crippen MR) is 65.5 cm³/mol. The van der Waals surface area contributed by atoms with Gasteiger partial charge in [0.2, 0.25) is 0 Å². The fourth-order valence-electron chi connectivity index (χ4n) is 2.43. The van der Waals surface area contributed by atoms with Crippen molar-refractivity contribution in [1.29, 1.82) is 0 Å². The van der Waals surface area contributed by atoms with Crippen molar-refractivity contribution in [2.45, 2.75) is 57.7 Å². The van der Waals surface area contributed by atoms with Crippen molar-refractivity contribution in [1.82, 2.24) is 5.32 Å². The van der Waals surface area contributed by atoms with Crippen molar-refractivity contribution in [2.24, 2.45) is 5.92 Å². The minimum Gasteiger partial charge on any atom is -0.380 e. The molecule has 0 aromatic rings. The van der Waals surface area contributed by atoms with Crippen molar-refractivity contribution < 1.29 is 17.9 Å². The average molecular weight is 267 g/mol. The highest BCUT2D eigenvalue weighted by Crippen LogP contribution is 2.37. The Labute approximate surface area is 107 Å². The van der Waals surface area contributed by atoms with E-state index in [2.05, 4.69) is 12.2 Å². The number of rotatable bonds is 7. The fourth-order valence-corrected chi connectivity index (χ4v) is 2.43. The first-order chi connectivity index (χ1) is 8.55. The summed E-state index contributed by atoms with van der Waals surface area (Å²) in [7, 11) is 0. The highest BCUT2D eigenvalue weighted by molar-refractivity contribution is 4.85. The Balaban J connectivity index is 2.21. The van der Waals surface area contributed by atoms with E-state index in [1.807, 2.05) is 0 Å². The normalized spacial score (nSPS) is 25.3. The number of ether oxygens (including phenoxy) is 1. The van der Waals surface area contributed by atoms with E-state index in [1.54, 1.807) is 0 Å².